The summed E-state index contributed by atoms with van der Waals surface area (Å²) < 4.78 is 0. The Morgan fingerprint density at radius 2 is 1.67 bits per heavy atom. The first-order valence-corrected chi connectivity index (χ1v) is 5.98. The van der Waals surface area contributed by atoms with Crippen molar-refractivity contribution in [1.29, 1.82) is 0 Å². The molecule has 0 unspecified atom stereocenters. The van der Waals surface area contributed by atoms with Crippen LogP contribution < -0.4 is 0 Å². The van der Waals surface area contributed by atoms with Crippen LogP contribution in [-0.4, -0.2) is 0 Å². The minimum Gasteiger partial charge on any atom is -0.0985 e. The van der Waals surface area contributed by atoms with Crippen molar-refractivity contribution in [1.82, 2.24) is 0 Å². The van der Waals surface area contributed by atoms with Crippen molar-refractivity contribution < 1.29 is 0 Å². The third kappa shape index (κ3) is 2.14. The molecule has 80 valence electrons. The molecule has 1 aliphatic rings. The van der Waals surface area contributed by atoms with Crippen LogP contribution in [-0.2, 0) is 5.41 Å². The van der Waals surface area contributed by atoms with Crippen LogP contribution in [0.4, 0.5) is 0 Å². The lowest BCUT2D eigenvalue weighted by Gasteiger charge is -2.34. The zero-order chi connectivity index (χ0) is 10.7. The van der Waals surface area contributed by atoms with Gasteiger partial charge in [0.25, 0.3) is 0 Å². The SMILES string of the molecule is C=Cc1ccc(C2(C)CCCCC2)cc1. The summed E-state index contributed by atoms with van der Waals surface area (Å²) in [5.74, 6) is 0. The van der Waals surface area contributed by atoms with Gasteiger partial charge in [-0.15, -0.1) is 0 Å². The van der Waals surface area contributed by atoms with Gasteiger partial charge in [-0.05, 0) is 29.4 Å². The van der Waals surface area contributed by atoms with Crippen LogP contribution in [0.25, 0.3) is 6.08 Å². The van der Waals surface area contributed by atoms with E-state index in [9.17, 15) is 0 Å². The second kappa shape index (κ2) is 4.22. The Morgan fingerprint density at radius 3 is 2.20 bits per heavy atom. The van der Waals surface area contributed by atoms with Crippen LogP contribution in [0.2, 0.25) is 0 Å². The van der Waals surface area contributed by atoms with Gasteiger partial charge < -0.3 is 0 Å². The normalized spacial score (nSPS) is 19.8. The number of hydrogen-bond donors (Lipinski definition) is 0. The van der Waals surface area contributed by atoms with Gasteiger partial charge in [0, 0.05) is 0 Å². The maximum Gasteiger partial charge on any atom is -0.00752 e. The van der Waals surface area contributed by atoms with Gasteiger partial charge in [-0.3, -0.25) is 0 Å². The molecule has 0 aliphatic heterocycles. The van der Waals surface area contributed by atoms with Crippen LogP contribution in [0.15, 0.2) is 30.8 Å². The zero-order valence-electron chi connectivity index (χ0n) is 9.63. The van der Waals surface area contributed by atoms with Crippen LogP contribution in [0.3, 0.4) is 0 Å². The highest BCUT2D eigenvalue weighted by molar-refractivity contribution is 5.48. The third-order valence-corrected chi connectivity index (χ3v) is 3.80. The second-order valence-corrected chi connectivity index (χ2v) is 4.95. The molecule has 0 spiro atoms. The summed E-state index contributed by atoms with van der Waals surface area (Å²) >= 11 is 0. The van der Waals surface area contributed by atoms with E-state index in [0.717, 1.165) is 0 Å². The molecule has 15 heavy (non-hydrogen) atoms. The van der Waals surface area contributed by atoms with Crippen molar-refractivity contribution in [3.05, 3.63) is 42.0 Å². The van der Waals surface area contributed by atoms with Crippen molar-refractivity contribution in [2.45, 2.75) is 44.4 Å². The predicted octanol–water partition coefficient (Wildman–Crippen LogP) is 4.55. The van der Waals surface area contributed by atoms with Crippen LogP contribution in [0.1, 0.15) is 50.2 Å². The topological polar surface area (TPSA) is 0 Å². The van der Waals surface area contributed by atoms with E-state index in [1.807, 2.05) is 6.08 Å². The van der Waals surface area contributed by atoms with Gasteiger partial charge in [0.1, 0.15) is 0 Å². The minimum absolute atomic E-state index is 0.429. The molecule has 0 radical (unpaired) electrons. The average Bonchev–Trinajstić information content (AvgIpc) is 2.30. The number of rotatable bonds is 2. The summed E-state index contributed by atoms with van der Waals surface area (Å²) in [6, 6.07) is 8.93. The molecule has 1 aliphatic carbocycles. The summed E-state index contributed by atoms with van der Waals surface area (Å²) in [5, 5.41) is 0. The Balaban J connectivity index is 2.23. The molecular formula is C15H20. The Bertz CT molecular complexity index is 326. The van der Waals surface area contributed by atoms with Gasteiger partial charge in [0.05, 0.1) is 0 Å². The van der Waals surface area contributed by atoms with Gasteiger partial charge in [-0.2, -0.15) is 0 Å². The van der Waals surface area contributed by atoms with Crippen LogP contribution >= 0.6 is 0 Å². The predicted molar refractivity (Wildman–Crippen MR) is 67.0 cm³/mol. The average molecular weight is 200 g/mol. The minimum atomic E-state index is 0.429. The molecule has 0 saturated heterocycles. The van der Waals surface area contributed by atoms with E-state index in [-0.39, 0.29) is 0 Å². The fraction of sp³-hybridized carbons (Fsp3) is 0.467. The molecular weight excluding hydrogens is 180 g/mol. The lowest BCUT2D eigenvalue weighted by atomic mass is 9.71. The molecule has 0 aromatic heterocycles. The molecule has 1 saturated carbocycles. The molecule has 0 heteroatoms. The lowest BCUT2D eigenvalue weighted by Crippen LogP contribution is -2.24. The van der Waals surface area contributed by atoms with Gasteiger partial charge >= 0.3 is 0 Å². The van der Waals surface area contributed by atoms with Gasteiger partial charge in [-0.25, -0.2) is 0 Å². The van der Waals surface area contributed by atoms with Crippen molar-refractivity contribution in [2.75, 3.05) is 0 Å². The molecule has 0 nitrogen and oxygen atoms in total. The van der Waals surface area contributed by atoms with Crippen molar-refractivity contribution in [2.24, 2.45) is 0 Å². The Kier molecular flexibility index (Phi) is 2.95. The van der Waals surface area contributed by atoms with Gasteiger partial charge in [-0.1, -0.05) is 63.1 Å². The van der Waals surface area contributed by atoms with E-state index < -0.39 is 0 Å². The van der Waals surface area contributed by atoms with Gasteiger partial charge in [0.15, 0.2) is 0 Å². The van der Waals surface area contributed by atoms with Crippen molar-refractivity contribution >= 4 is 6.08 Å². The zero-order valence-corrected chi connectivity index (χ0v) is 9.63. The Hall–Kier alpha value is -1.04. The molecule has 0 bridgehead atoms. The monoisotopic (exact) mass is 200 g/mol. The highest BCUT2D eigenvalue weighted by atomic mass is 14.3. The third-order valence-electron chi connectivity index (χ3n) is 3.80. The van der Waals surface area contributed by atoms with E-state index in [2.05, 4.69) is 37.8 Å². The smallest absolute Gasteiger partial charge is 0.00752 e. The first-order chi connectivity index (χ1) is 7.24. The number of benzene rings is 1. The highest BCUT2D eigenvalue weighted by Crippen LogP contribution is 2.38. The molecule has 1 aromatic carbocycles. The van der Waals surface area contributed by atoms with Crippen LogP contribution in [0.5, 0.6) is 0 Å². The summed E-state index contributed by atoms with van der Waals surface area (Å²) in [5.41, 5.74) is 3.16. The lowest BCUT2D eigenvalue weighted by molar-refractivity contribution is 0.319. The molecule has 1 fully saturated rings. The van der Waals surface area contributed by atoms with Gasteiger partial charge in [0.2, 0.25) is 0 Å². The quantitative estimate of drug-likeness (QED) is 0.657. The maximum atomic E-state index is 3.79. The maximum absolute atomic E-state index is 3.79. The van der Waals surface area contributed by atoms with E-state index in [1.54, 1.807) is 0 Å². The fourth-order valence-electron chi connectivity index (χ4n) is 2.64. The molecule has 0 heterocycles. The molecule has 2 rings (SSSR count). The summed E-state index contributed by atoms with van der Waals surface area (Å²) in [7, 11) is 0. The summed E-state index contributed by atoms with van der Waals surface area (Å²) in [4.78, 5) is 0. The molecule has 0 atom stereocenters. The van der Waals surface area contributed by atoms with E-state index in [0.29, 0.717) is 5.41 Å². The van der Waals surface area contributed by atoms with Crippen molar-refractivity contribution in [3.8, 4) is 0 Å². The summed E-state index contributed by atoms with van der Waals surface area (Å²) in [6.07, 6.45) is 8.80. The van der Waals surface area contributed by atoms with Crippen molar-refractivity contribution in [3.63, 3.8) is 0 Å². The molecule has 0 amide bonds. The highest BCUT2D eigenvalue weighted by Gasteiger charge is 2.28. The number of hydrogen-bond acceptors (Lipinski definition) is 0. The Labute approximate surface area is 93.0 Å². The molecule has 0 N–H and O–H groups in total. The van der Waals surface area contributed by atoms with E-state index in [4.69, 9.17) is 0 Å². The fourth-order valence-corrected chi connectivity index (χ4v) is 2.64. The standard InChI is InChI=1S/C15H20/c1-3-13-7-9-14(10-8-13)15(2)11-5-4-6-12-15/h3,7-10H,1,4-6,11-12H2,2H3. The first kappa shape index (κ1) is 10.5. The first-order valence-electron chi connectivity index (χ1n) is 5.98. The summed E-state index contributed by atoms with van der Waals surface area (Å²) in [6.45, 7) is 6.20. The van der Waals surface area contributed by atoms with Crippen LogP contribution in [0, 0.1) is 0 Å². The van der Waals surface area contributed by atoms with E-state index in [1.165, 1.54) is 43.2 Å². The molecule has 1 aromatic rings. The Morgan fingerprint density at radius 1 is 1.07 bits per heavy atom. The van der Waals surface area contributed by atoms with E-state index >= 15 is 0 Å². The second-order valence-electron chi connectivity index (χ2n) is 4.95. The largest absolute Gasteiger partial charge is 0.0985 e.